The SMILES string of the molecule is COc1ccc([C@H]2C(=O)N(C)C(N)=N[C@]2(C)c2cncs2)cc1. The van der Waals surface area contributed by atoms with Gasteiger partial charge in [0.15, 0.2) is 5.96 Å². The molecule has 0 saturated heterocycles. The minimum absolute atomic E-state index is 0.0847. The molecule has 0 saturated carbocycles. The third-order valence-corrected chi connectivity index (χ3v) is 5.21. The number of benzene rings is 1. The Bertz CT molecular complexity index is 742. The molecular formula is C16H18N4O2S. The summed E-state index contributed by atoms with van der Waals surface area (Å²) in [6.07, 6.45) is 1.75. The number of hydrogen-bond donors (Lipinski definition) is 1. The van der Waals surface area contributed by atoms with Crippen LogP contribution in [0.25, 0.3) is 0 Å². The van der Waals surface area contributed by atoms with Crippen molar-refractivity contribution in [1.82, 2.24) is 9.88 Å². The first kappa shape index (κ1) is 15.5. The van der Waals surface area contributed by atoms with Crippen molar-refractivity contribution in [2.24, 2.45) is 10.7 Å². The normalized spacial score (nSPS) is 24.5. The summed E-state index contributed by atoms with van der Waals surface area (Å²) in [5.41, 5.74) is 7.79. The molecule has 0 aliphatic carbocycles. The van der Waals surface area contributed by atoms with Gasteiger partial charge in [0, 0.05) is 13.2 Å². The van der Waals surface area contributed by atoms with E-state index in [1.807, 2.05) is 31.2 Å². The van der Waals surface area contributed by atoms with Crippen LogP contribution in [0.2, 0.25) is 0 Å². The fraction of sp³-hybridized carbons (Fsp3) is 0.312. The second-order valence-electron chi connectivity index (χ2n) is 5.59. The van der Waals surface area contributed by atoms with Gasteiger partial charge in [-0.05, 0) is 24.6 Å². The van der Waals surface area contributed by atoms with Gasteiger partial charge in [-0.3, -0.25) is 14.7 Å². The lowest BCUT2D eigenvalue weighted by molar-refractivity contribution is -0.130. The summed E-state index contributed by atoms with van der Waals surface area (Å²) in [5, 5.41) is 0. The van der Waals surface area contributed by atoms with Gasteiger partial charge in [0.25, 0.3) is 0 Å². The maximum absolute atomic E-state index is 12.9. The van der Waals surface area contributed by atoms with E-state index in [1.165, 1.54) is 16.2 Å². The number of carbonyl (C=O) groups is 1. The Balaban J connectivity index is 2.15. The molecule has 23 heavy (non-hydrogen) atoms. The highest BCUT2D eigenvalue weighted by atomic mass is 32.1. The fourth-order valence-electron chi connectivity index (χ4n) is 2.85. The van der Waals surface area contributed by atoms with Gasteiger partial charge in [0.2, 0.25) is 5.91 Å². The number of carbonyl (C=O) groups excluding carboxylic acids is 1. The number of rotatable bonds is 3. The van der Waals surface area contributed by atoms with E-state index < -0.39 is 11.5 Å². The van der Waals surface area contributed by atoms with Crippen molar-refractivity contribution in [3.63, 3.8) is 0 Å². The Labute approximate surface area is 138 Å². The third kappa shape index (κ3) is 2.46. The van der Waals surface area contributed by atoms with E-state index in [0.717, 1.165) is 16.2 Å². The summed E-state index contributed by atoms with van der Waals surface area (Å²) in [7, 11) is 3.25. The molecule has 1 aliphatic rings. The van der Waals surface area contributed by atoms with E-state index in [2.05, 4.69) is 9.98 Å². The lowest BCUT2D eigenvalue weighted by Crippen LogP contribution is -2.52. The molecule has 120 valence electrons. The molecule has 0 unspecified atom stereocenters. The quantitative estimate of drug-likeness (QED) is 0.932. The van der Waals surface area contributed by atoms with Crippen molar-refractivity contribution in [3.8, 4) is 5.75 Å². The van der Waals surface area contributed by atoms with Crippen molar-refractivity contribution < 1.29 is 9.53 Å². The fourth-order valence-corrected chi connectivity index (χ4v) is 3.61. The Morgan fingerprint density at radius 3 is 2.61 bits per heavy atom. The lowest BCUT2D eigenvalue weighted by Gasteiger charge is -2.39. The van der Waals surface area contributed by atoms with E-state index in [-0.39, 0.29) is 11.9 Å². The molecule has 2 atom stereocenters. The average molecular weight is 330 g/mol. The highest BCUT2D eigenvalue weighted by molar-refractivity contribution is 7.09. The zero-order chi connectivity index (χ0) is 16.6. The van der Waals surface area contributed by atoms with E-state index in [4.69, 9.17) is 10.5 Å². The number of nitrogens with two attached hydrogens (primary N) is 1. The van der Waals surface area contributed by atoms with Crippen LogP contribution >= 0.6 is 11.3 Å². The van der Waals surface area contributed by atoms with Crippen LogP contribution in [0.5, 0.6) is 5.75 Å². The second-order valence-corrected chi connectivity index (χ2v) is 6.47. The van der Waals surface area contributed by atoms with Crippen LogP contribution in [-0.4, -0.2) is 35.9 Å². The van der Waals surface area contributed by atoms with Crippen molar-refractivity contribution in [3.05, 3.63) is 46.4 Å². The second kappa shape index (κ2) is 5.66. The first-order valence-electron chi connectivity index (χ1n) is 7.13. The zero-order valence-corrected chi connectivity index (χ0v) is 14.0. The van der Waals surface area contributed by atoms with E-state index in [0.29, 0.717) is 0 Å². The number of aromatic nitrogens is 1. The zero-order valence-electron chi connectivity index (χ0n) is 13.2. The van der Waals surface area contributed by atoms with Crippen LogP contribution in [0.4, 0.5) is 0 Å². The highest BCUT2D eigenvalue weighted by Gasteiger charge is 2.47. The summed E-state index contributed by atoms with van der Waals surface area (Å²) < 4.78 is 5.19. The lowest BCUT2D eigenvalue weighted by atomic mass is 9.78. The molecule has 1 aromatic heterocycles. The Morgan fingerprint density at radius 2 is 2.04 bits per heavy atom. The smallest absolute Gasteiger partial charge is 0.239 e. The Morgan fingerprint density at radius 1 is 1.35 bits per heavy atom. The minimum atomic E-state index is -0.774. The number of likely N-dealkylation sites (N-methyl/N-ethyl adjacent to an activating group) is 1. The molecule has 2 heterocycles. The van der Waals surface area contributed by atoms with E-state index in [1.54, 1.807) is 25.9 Å². The average Bonchev–Trinajstić information content (AvgIpc) is 3.09. The molecular weight excluding hydrogens is 312 g/mol. The van der Waals surface area contributed by atoms with Gasteiger partial charge in [-0.15, -0.1) is 11.3 Å². The molecule has 0 radical (unpaired) electrons. The minimum Gasteiger partial charge on any atom is -0.497 e. The highest BCUT2D eigenvalue weighted by Crippen LogP contribution is 2.45. The number of aliphatic imine (C=N–C) groups is 1. The number of hydrogen-bond acceptors (Lipinski definition) is 6. The molecule has 2 N–H and O–H groups in total. The molecule has 0 bridgehead atoms. The summed E-state index contributed by atoms with van der Waals surface area (Å²) in [4.78, 5) is 24.0. The van der Waals surface area contributed by atoms with Gasteiger partial charge in [0.05, 0.1) is 23.4 Å². The van der Waals surface area contributed by atoms with Gasteiger partial charge < -0.3 is 10.5 Å². The van der Waals surface area contributed by atoms with Gasteiger partial charge in [-0.2, -0.15) is 0 Å². The van der Waals surface area contributed by atoms with Crippen LogP contribution in [0.15, 0.2) is 41.0 Å². The van der Waals surface area contributed by atoms with Crippen molar-refractivity contribution in [2.75, 3.05) is 14.2 Å². The first-order chi connectivity index (χ1) is 11.0. The Kier molecular flexibility index (Phi) is 3.81. The number of nitrogens with zero attached hydrogens (tertiary/aromatic N) is 3. The number of guanidine groups is 1. The topological polar surface area (TPSA) is 80.8 Å². The molecule has 1 amide bonds. The molecule has 6 nitrogen and oxygen atoms in total. The maximum Gasteiger partial charge on any atom is 0.239 e. The van der Waals surface area contributed by atoms with E-state index >= 15 is 0 Å². The monoisotopic (exact) mass is 330 g/mol. The maximum atomic E-state index is 12.9. The van der Waals surface area contributed by atoms with Crippen LogP contribution in [0, 0.1) is 0 Å². The molecule has 2 aromatic rings. The van der Waals surface area contributed by atoms with Crippen molar-refractivity contribution >= 4 is 23.2 Å². The predicted molar refractivity (Wildman–Crippen MR) is 89.6 cm³/mol. The molecule has 3 rings (SSSR count). The first-order valence-corrected chi connectivity index (χ1v) is 8.01. The van der Waals surface area contributed by atoms with E-state index in [9.17, 15) is 4.79 Å². The van der Waals surface area contributed by atoms with Gasteiger partial charge in [0.1, 0.15) is 11.3 Å². The molecule has 0 spiro atoms. The van der Waals surface area contributed by atoms with Crippen LogP contribution in [0.1, 0.15) is 23.3 Å². The van der Waals surface area contributed by atoms with Crippen molar-refractivity contribution in [1.29, 1.82) is 0 Å². The molecule has 1 aliphatic heterocycles. The number of ether oxygens (including phenoxy) is 1. The van der Waals surface area contributed by atoms with Gasteiger partial charge in [-0.1, -0.05) is 12.1 Å². The standard InChI is InChI=1S/C16H18N4O2S/c1-16(12-8-18-9-23-12)13(14(21)20(2)15(17)19-16)10-4-6-11(22-3)7-5-10/h4-9,13H,1-3H3,(H2,17,19)/t13-,16+/m0/s1. The third-order valence-electron chi connectivity index (χ3n) is 4.21. The van der Waals surface area contributed by atoms with Gasteiger partial charge >= 0.3 is 0 Å². The van der Waals surface area contributed by atoms with Crippen molar-refractivity contribution in [2.45, 2.75) is 18.4 Å². The summed E-state index contributed by atoms with van der Waals surface area (Å²) in [5.74, 6) is 0.410. The number of amides is 1. The molecule has 7 heteroatoms. The predicted octanol–water partition coefficient (Wildman–Crippen LogP) is 1.94. The largest absolute Gasteiger partial charge is 0.497 e. The van der Waals surface area contributed by atoms with Crippen LogP contribution in [0.3, 0.4) is 0 Å². The number of methoxy groups -OCH3 is 1. The molecule has 1 aromatic carbocycles. The summed E-state index contributed by atoms with van der Waals surface area (Å²) >= 11 is 1.47. The van der Waals surface area contributed by atoms with Gasteiger partial charge in [-0.25, -0.2) is 4.99 Å². The Hall–Kier alpha value is -2.41. The summed E-state index contributed by atoms with van der Waals surface area (Å²) in [6, 6.07) is 7.48. The molecule has 0 fully saturated rings. The number of thiazole rings is 1. The summed E-state index contributed by atoms with van der Waals surface area (Å²) in [6.45, 7) is 1.92. The van der Waals surface area contributed by atoms with Crippen LogP contribution < -0.4 is 10.5 Å². The van der Waals surface area contributed by atoms with Crippen LogP contribution in [-0.2, 0) is 10.3 Å².